The number of fused-ring (bicyclic) bond motifs is 1. The van der Waals surface area contributed by atoms with Crippen molar-refractivity contribution in [1.29, 1.82) is 0 Å². The fourth-order valence-corrected chi connectivity index (χ4v) is 4.23. The molecule has 0 saturated carbocycles. The highest BCUT2D eigenvalue weighted by molar-refractivity contribution is 6.74. The van der Waals surface area contributed by atoms with E-state index >= 15 is 0 Å². The van der Waals surface area contributed by atoms with Crippen LogP contribution in [-0.2, 0) is 23.4 Å². The zero-order chi connectivity index (χ0) is 20.0. The molecule has 2 heterocycles. The fourth-order valence-electron chi connectivity index (χ4n) is 3.19. The Labute approximate surface area is 158 Å². The molecule has 0 aromatic rings. The first kappa shape index (κ1) is 22.0. The van der Waals surface area contributed by atoms with Crippen molar-refractivity contribution in [3.05, 3.63) is 12.7 Å². The van der Waals surface area contributed by atoms with Crippen LogP contribution in [-0.4, -0.2) is 63.1 Å². The standard InChI is InChI=1S/C19H36O6Si/c1-10-19(20,11-12-22-26(8,9)17(2,3)4)15-13(21-7)14-16(23-15)25-18(5,6)24-14/h10,13-16,20H,1,11-12H2,2-9H3/t13-,14-,15+,16-,19?/m1/s1. The van der Waals surface area contributed by atoms with Crippen LogP contribution in [0.1, 0.15) is 41.0 Å². The van der Waals surface area contributed by atoms with Crippen LogP contribution in [0.4, 0.5) is 0 Å². The molecule has 2 aliphatic rings. The maximum atomic E-state index is 11.2. The van der Waals surface area contributed by atoms with Gasteiger partial charge in [-0.05, 0) is 32.0 Å². The van der Waals surface area contributed by atoms with Crippen LogP contribution in [0.2, 0.25) is 18.1 Å². The number of hydrogen-bond acceptors (Lipinski definition) is 6. The van der Waals surface area contributed by atoms with Crippen molar-refractivity contribution in [1.82, 2.24) is 0 Å². The summed E-state index contributed by atoms with van der Waals surface area (Å²) in [6, 6.07) is 0. The first-order chi connectivity index (χ1) is 11.8. The van der Waals surface area contributed by atoms with Crippen LogP contribution in [0, 0.1) is 0 Å². The van der Waals surface area contributed by atoms with Gasteiger partial charge in [-0.2, -0.15) is 0 Å². The van der Waals surface area contributed by atoms with E-state index < -0.39 is 38.2 Å². The lowest BCUT2D eigenvalue weighted by Crippen LogP contribution is -2.51. The summed E-state index contributed by atoms with van der Waals surface area (Å²) in [5, 5.41) is 11.3. The lowest BCUT2D eigenvalue weighted by atomic mass is 9.89. The van der Waals surface area contributed by atoms with Crippen LogP contribution in [0.15, 0.2) is 12.7 Å². The minimum atomic E-state index is -1.89. The Hall–Kier alpha value is -0.283. The van der Waals surface area contributed by atoms with Crippen molar-refractivity contribution in [3.8, 4) is 0 Å². The predicted molar refractivity (Wildman–Crippen MR) is 102 cm³/mol. The van der Waals surface area contributed by atoms with Gasteiger partial charge in [-0.25, -0.2) is 0 Å². The van der Waals surface area contributed by atoms with Crippen molar-refractivity contribution in [2.24, 2.45) is 0 Å². The number of methoxy groups -OCH3 is 1. The van der Waals surface area contributed by atoms with E-state index in [2.05, 4.69) is 40.4 Å². The highest BCUT2D eigenvalue weighted by Gasteiger charge is 2.59. The molecule has 2 fully saturated rings. The normalized spacial score (nSPS) is 33.7. The molecule has 0 bridgehead atoms. The molecule has 2 saturated heterocycles. The molecule has 0 amide bonds. The summed E-state index contributed by atoms with van der Waals surface area (Å²) >= 11 is 0. The highest BCUT2D eigenvalue weighted by atomic mass is 28.4. The van der Waals surface area contributed by atoms with Crippen molar-refractivity contribution in [2.75, 3.05) is 13.7 Å². The highest BCUT2D eigenvalue weighted by Crippen LogP contribution is 2.43. The van der Waals surface area contributed by atoms with E-state index in [9.17, 15) is 5.11 Å². The van der Waals surface area contributed by atoms with Crippen LogP contribution in [0.25, 0.3) is 0 Å². The van der Waals surface area contributed by atoms with Gasteiger partial charge >= 0.3 is 0 Å². The third-order valence-electron chi connectivity index (χ3n) is 5.88. The summed E-state index contributed by atoms with van der Waals surface area (Å²) in [5.41, 5.74) is -1.29. The Balaban J connectivity index is 2.06. The van der Waals surface area contributed by atoms with Crippen LogP contribution in [0.5, 0.6) is 0 Å². The molecule has 1 N–H and O–H groups in total. The van der Waals surface area contributed by atoms with Gasteiger partial charge < -0.3 is 28.5 Å². The van der Waals surface area contributed by atoms with Crippen LogP contribution < -0.4 is 0 Å². The topological polar surface area (TPSA) is 66.4 Å². The van der Waals surface area contributed by atoms with E-state index in [1.54, 1.807) is 7.11 Å². The van der Waals surface area contributed by atoms with Gasteiger partial charge in [-0.15, -0.1) is 6.58 Å². The van der Waals surface area contributed by atoms with Crippen molar-refractivity contribution in [3.63, 3.8) is 0 Å². The second kappa shape index (κ2) is 7.27. The second-order valence-electron chi connectivity index (χ2n) is 9.28. The monoisotopic (exact) mass is 388 g/mol. The SMILES string of the molecule is C=CC(O)(CCO[Si](C)(C)C(C)(C)C)[C@H]1O[C@@H]2OC(C)(C)O[C@@H]2[C@H]1OC. The molecular weight excluding hydrogens is 352 g/mol. The number of rotatable bonds is 7. The minimum Gasteiger partial charge on any atom is -0.417 e. The fraction of sp³-hybridized carbons (Fsp3) is 0.895. The Kier molecular flexibility index (Phi) is 6.16. The first-order valence-corrected chi connectivity index (χ1v) is 12.2. The molecule has 0 aliphatic carbocycles. The predicted octanol–water partition coefficient (Wildman–Crippen LogP) is 3.21. The molecule has 2 rings (SSSR count). The molecule has 0 radical (unpaired) electrons. The molecule has 5 atom stereocenters. The molecule has 2 aliphatic heterocycles. The van der Waals surface area contributed by atoms with E-state index in [-0.39, 0.29) is 11.1 Å². The van der Waals surface area contributed by atoms with Gasteiger partial charge in [0.25, 0.3) is 0 Å². The summed E-state index contributed by atoms with van der Waals surface area (Å²) in [7, 11) is -0.300. The second-order valence-corrected chi connectivity index (χ2v) is 14.1. The lowest BCUT2D eigenvalue weighted by Gasteiger charge is -2.39. The number of aliphatic hydroxyl groups is 1. The van der Waals surface area contributed by atoms with Gasteiger partial charge in [0, 0.05) is 20.1 Å². The molecule has 1 unspecified atom stereocenters. The summed E-state index contributed by atoms with van der Waals surface area (Å²) in [6.45, 7) is 18.9. The molecule has 0 aromatic carbocycles. The zero-order valence-corrected chi connectivity index (χ0v) is 18.5. The van der Waals surface area contributed by atoms with Crippen molar-refractivity contribution in [2.45, 2.75) is 95.2 Å². The quantitative estimate of drug-likeness (QED) is 0.534. The molecule has 0 spiro atoms. The summed E-state index contributed by atoms with van der Waals surface area (Å²) in [4.78, 5) is 0. The maximum absolute atomic E-state index is 11.2. The average Bonchev–Trinajstić information content (AvgIpc) is 2.97. The smallest absolute Gasteiger partial charge is 0.191 e. The van der Waals surface area contributed by atoms with E-state index in [1.165, 1.54) is 6.08 Å². The summed E-state index contributed by atoms with van der Waals surface area (Å²) in [5.74, 6) is -0.727. The lowest BCUT2D eigenvalue weighted by molar-refractivity contribution is -0.237. The van der Waals surface area contributed by atoms with E-state index in [0.717, 1.165) is 0 Å². The molecular formula is C19H36O6Si. The largest absolute Gasteiger partial charge is 0.417 e. The molecule has 152 valence electrons. The third-order valence-corrected chi connectivity index (χ3v) is 10.4. The zero-order valence-electron chi connectivity index (χ0n) is 17.5. The van der Waals surface area contributed by atoms with Gasteiger partial charge in [0.05, 0.1) is 0 Å². The molecule has 7 heteroatoms. The Morgan fingerprint density at radius 2 is 1.85 bits per heavy atom. The van der Waals surface area contributed by atoms with E-state index in [4.69, 9.17) is 23.4 Å². The van der Waals surface area contributed by atoms with Gasteiger partial charge in [-0.3, -0.25) is 0 Å². The summed E-state index contributed by atoms with van der Waals surface area (Å²) < 4.78 is 29.5. The van der Waals surface area contributed by atoms with Gasteiger partial charge in [-0.1, -0.05) is 26.8 Å². The maximum Gasteiger partial charge on any atom is 0.191 e. The average molecular weight is 389 g/mol. The van der Waals surface area contributed by atoms with E-state index in [1.807, 2.05) is 13.8 Å². The Morgan fingerprint density at radius 1 is 1.23 bits per heavy atom. The molecule has 0 aromatic heterocycles. The first-order valence-electron chi connectivity index (χ1n) is 9.30. The molecule has 6 nitrogen and oxygen atoms in total. The Morgan fingerprint density at radius 3 is 2.35 bits per heavy atom. The third kappa shape index (κ3) is 4.24. The van der Waals surface area contributed by atoms with Crippen molar-refractivity contribution >= 4 is 8.32 Å². The molecule has 26 heavy (non-hydrogen) atoms. The Bertz CT molecular complexity index is 515. The van der Waals surface area contributed by atoms with Crippen LogP contribution in [0.3, 0.4) is 0 Å². The number of ether oxygens (including phenoxy) is 4. The van der Waals surface area contributed by atoms with Crippen LogP contribution >= 0.6 is 0 Å². The van der Waals surface area contributed by atoms with E-state index in [0.29, 0.717) is 13.0 Å². The van der Waals surface area contributed by atoms with Crippen molar-refractivity contribution < 1.29 is 28.5 Å². The van der Waals surface area contributed by atoms with Gasteiger partial charge in [0.1, 0.15) is 23.9 Å². The number of hydrogen-bond donors (Lipinski definition) is 1. The summed E-state index contributed by atoms with van der Waals surface area (Å²) in [6.07, 6.45) is -0.126. The van der Waals surface area contributed by atoms with Gasteiger partial charge in [0.2, 0.25) is 0 Å². The minimum absolute atomic E-state index is 0.114. The van der Waals surface area contributed by atoms with Gasteiger partial charge in [0.15, 0.2) is 20.4 Å².